The average molecular weight is 339 g/mol. The van der Waals surface area contributed by atoms with Crippen LogP contribution >= 0.6 is 0 Å². The SMILES string of the molecule is CNC(=O)c1ccc(C)c(NC(=O)c2ccc(CNC(C)=O)cc2)c1. The summed E-state index contributed by atoms with van der Waals surface area (Å²) in [6, 6.07) is 12.1. The lowest BCUT2D eigenvalue weighted by atomic mass is 10.1. The first-order valence-corrected chi connectivity index (χ1v) is 7.88. The molecule has 0 heterocycles. The highest BCUT2D eigenvalue weighted by molar-refractivity contribution is 6.05. The van der Waals surface area contributed by atoms with Gasteiger partial charge >= 0.3 is 0 Å². The largest absolute Gasteiger partial charge is 0.355 e. The van der Waals surface area contributed by atoms with Crippen LogP contribution in [-0.2, 0) is 11.3 Å². The second-order valence-electron chi connectivity index (χ2n) is 5.67. The molecule has 0 aliphatic carbocycles. The predicted octanol–water partition coefficient (Wildman–Crippen LogP) is 2.24. The quantitative estimate of drug-likeness (QED) is 0.781. The van der Waals surface area contributed by atoms with E-state index in [2.05, 4.69) is 16.0 Å². The van der Waals surface area contributed by atoms with E-state index in [1.165, 1.54) is 6.92 Å². The number of anilines is 1. The zero-order valence-corrected chi connectivity index (χ0v) is 14.5. The first-order chi connectivity index (χ1) is 11.9. The minimum absolute atomic E-state index is 0.103. The Morgan fingerprint density at radius 3 is 2.16 bits per heavy atom. The Labute approximate surface area is 146 Å². The fourth-order valence-corrected chi connectivity index (χ4v) is 2.24. The summed E-state index contributed by atoms with van der Waals surface area (Å²) in [5.74, 6) is -0.575. The van der Waals surface area contributed by atoms with Crippen molar-refractivity contribution in [2.75, 3.05) is 12.4 Å². The van der Waals surface area contributed by atoms with Gasteiger partial charge in [-0.25, -0.2) is 0 Å². The molecule has 0 spiro atoms. The van der Waals surface area contributed by atoms with Crippen LogP contribution in [0.3, 0.4) is 0 Å². The lowest BCUT2D eigenvalue weighted by Crippen LogP contribution is -2.19. The third-order valence-electron chi connectivity index (χ3n) is 3.73. The van der Waals surface area contributed by atoms with E-state index in [1.54, 1.807) is 49.5 Å². The molecular formula is C19H21N3O3. The van der Waals surface area contributed by atoms with Crippen LogP contribution in [0.4, 0.5) is 5.69 Å². The molecule has 0 saturated carbocycles. The molecule has 0 atom stereocenters. The summed E-state index contributed by atoms with van der Waals surface area (Å²) >= 11 is 0. The van der Waals surface area contributed by atoms with Crippen LogP contribution in [0.2, 0.25) is 0 Å². The molecule has 25 heavy (non-hydrogen) atoms. The van der Waals surface area contributed by atoms with Crippen LogP contribution in [0.25, 0.3) is 0 Å². The van der Waals surface area contributed by atoms with Crippen molar-refractivity contribution in [2.24, 2.45) is 0 Å². The highest BCUT2D eigenvalue weighted by Gasteiger charge is 2.11. The average Bonchev–Trinajstić information content (AvgIpc) is 2.61. The summed E-state index contributed by atoms with van der Waals surface area (Å²) in [5.41, 5.74) is 3.34. The van der Waals surface area contributed by atoms with Crippen LogP contribution in [0.5, 0.6) is 0 Å². The first-order valence-electron chi connectivity index (χ1n) is 7.88. The van der Waals surface area contributed by atoms with E-state index in [0.29, 0.717) is 23.4 Å². The minimum Gasteiger partial charge on any atom is -0.355 e. The van der Waals surface area contributed by atoms with Crippen molar-refractivity contribution < 1.29 is 14.4 Å². The van der Waals surface area contributed by atoms with Crippen molar-refractivity contribution in [3.63, 3.8) is 0 Å². The fourth-order valence-electron chi connectivity index (χ4n) is 2.24. The van der Waals surface area contributed by atoms with Gasteiger partial charge < -0.3 is 16.0 Å². The Balaban J connectivity index is 2.11. The van der Waals surface area contributed by atoms with Gasteiger partial charge in [0.05, 0.1) is 0 Å². The van der Waals surface area contributed by atoms with E-state index in [4.69, 9.17) is 0 Å². The molecular weight excluding hydrogens is 318 g/mol. The first kappa shape index (κ1) is 18.2. The Morgan fingerprint density at radius 1 is 0.920 bits per heavy atom. The molecule has 0 aliphatic heterocycles. The summed E-state index contributed by atoms with van der Waals surface area (Å²) in [5, 5.41) is 8.09. The Kier molecular flexibility index (Phi) is 5.89. The standard InChI is InChI=1S/C19H21N3O3/c1-12-4-7-16(18(24)20-3)10-17(12)22-19(25)15-8-5-14(6-9-15)11-21-13(2)23/h4-10H,11H2,1-3H3,(H,20,24)(H,21,23)(H,22,25). The molecule has 0 aliphatic rings. The topological polar surface area (TPSA) is 87.3 Å². The van der Waals surface area contributed by atoms with Gasteiger partial charge in [-0.3, -0.25) is 14.4 Å². The maximum Gasteiger partial charge on any atom is 0.255 e. The summed E-state index contributed by atoms with van der Waals surface area (Å²) in [4.78, 5) is 35.1. The van der Waals surface area contributed by atoms with E-state index >= 15 is 0 Å². The third kappa shape index (κ3) is 4.91. The molecule has 0 aromatic heterocycles. The van der Waals surface area contributed by atoms with Crippen LogP contribution < -0.4 is 16.0 Å². The zero-order valence-electron chi connectivity index (χ0n) is 14.5. The second kappa shape index (κ2) is 8.10. The van der Waals surface area contributed by atoms with Crippen molar-refractivity contribution in [1.29, 1.82) is 0 Å². The van der Waals surface area contributed by atoms with Gasteiger partial charge in [0.25, 0.3) is 11.8 Å². The molecule has 2 aromatic carbocycles. The van der Waals surface area contributed by atoms with Crippen LogP contribution in [0.1, 0.15) is 38.8 Å². The smallest absolute Gasteiger partial charge is 0.255 e. The van der Waals surface area contributed by atoms with Gasteiger partial charge in [-0.05, 0) is 42.3 Å². The van der Waals surface area contributed by atoms with E-state index in [-0.39, 0.29) is 17.7 Å². The molecule has 3 N–H and O–H groups in total. The number of benzene rings is 2. The maximum absolute atomic E-state index is 12.4. The monoisotopic (exact) mass is 339 g/mol. The van der Waals surface area contributed by atoms with E-state index in [1.807, 2.05) is 6.92 Å². The van der Waals surface area contributed by atoms with E-state index < -0.39 is 0 Å². The van der Waals surface area contributed by atoms with Gasteiger partial charge in [-0.15, -0.1) is 0 Å². The van der Waals surface area contributed by atoms with Gasteiger partial charge in [-0.1, -0.05) is 18.2 Å². The molecule has 0 bridgehead atoms. The van der Waals surface area contributed by atoms with Crippen LogP contribution in [-0.4, -0.2) is 24.8 Å². The van der Waals surface area contributed by atoms with E-state index in [9.17, 15) is 14.4 Å². The Morgan fingerprint density at radius 2 is 1.56 bits per heavy atom. The lowest BCUT2D eigenvalue weighted by Gasteiger charge is -2.11. The van der Waals surface area contributed by atoms with Crippen LogP contribution in [0.15, 0.2) is 42.5 Å². The zero-order chi connectivity index (χ0) is 18.4. The molecule has 2 aromatic rings. The molecule has 0 unspecified atom stereocenters. The van der Waals surface area contributed by atoms with Crippen molar-refractivity contribution in [2.45, 2.75) is 20.4 Å². The minimum atomic E-state index is -0.261. The second-order valence-corrected chi connectivity index (χ2v) is 5.67. The summed E-state index contributed by atoms with van der Waals surface area (Å²) < 4.78 is 0. The normalized spacial score (nSPS) is 10.0. The molecule has 0 saturated heterocycles. The molecule has 0 radical (unpaired) electrons. The summed E-state index contributed by atoms with van der Waals surface area (Å²) in [6.45, 7) is 3.74. The molecule has 6 nitrogen and oxygen atoms in total. The number of hydrogen-bond acceptors (Lipinski definition) is 3. The molecule has 2 rings (SSSR count). The van der Waals surface area contributed by atoms with Crippen molar-refractivity contribution in [3.05, 3.63) is 64.7 Å². The summed E-state index contributed by atoms with van der Waals surface area (Å²) in [7, 11) is 1.56. The van der Waals surface area contributed by atoms with Gasteiger partial charge in [0, 0.05) is 37.3 Å². The van der Waals surface area contributed by atoms with Crippen molar-refractivity contribution in [3.8, 4) is 0 Å². The number of amides is 3. The molecule has 130 valence electrons. The molecule has 6 heteroatoms. The van der Waals surface area contributed by atoms with Crippen LogP contribution in [0, 0.1) is 6.92 Å². The van der Waals surface area contributed by atoms with Gasteiger partial charge in [0.15, 0.2) is 0 Å². The number of rotatable bonds is 5. The number of carbonyl (C=O) groups excluding carboxylic acids is 3. The Hall–Kier alpha value is -3.15. The lowest BCUT2D eigenvalue weighted by molar-refractivity contribution is -0.119. The predicted molar refractivity (Wildman–Crippen MR) is 96.5 cm³/mol. The third-order valence-corrected chi connectivity index (χ3v) is 3.73. The molecule has 3 amide bonds. The van der Waals surface area contributed by atoms with Gasteiger partial charge in [-0.2, -0.15) is 0 Å². The highest BCUT2D eigenvalue weighted by Crippen LogP contribution is 2.18. The van der Waals surface area contributed by atoms with E-state index in [0.717, 1.165) is 11.1 Å². The Bertz CT molecular complexity index is 798. The van der Waals surface area contributed by atoms with Gasteiger partial charge in [0.1, 0.15) is 0 Å². The number of nitrogens with one attached hydrogen (secondary N) is 3. The molecule has 0 fully saturated rings. The maximum atomic E-state index is 12.4. The fraction of sp³-hybridized carbons (Fsp3) is 0.211. The number of hydrogen-bond donors (Lipinski definition) is 3. The van der Waals surface area contributed by atoms with Crippen molar-refractivity contribution in [1.82, 2.24) is 10.6 Å². The number of carbonyl (C=O) groups is 3. The summed E-state index contributed by atoms with van der Waals surface area (Å²) in [6.07, 6.45) is 0. The number of aryl methyl sites for hydroxylation is 1. The van der Waals surface area contributed by atoms with Gasteiger partial charge in [0.2, 0.25) is 5.91 Å². The highest BCUT2D eigenvalue weighted by atomic mass is 16.2. The van der Waals surface area contributed by atoms with Crippen molar-refractivity contribution >= 4 is 23.4 Å².